The van der Waals surface area contributed by atoms with E-state index in [1.165, 1.54) is 7.11 Å². The minimum atomic E-state index is -0.337. The van der Waals surface area contributed by atoms with Crippen LogP contribution in [0.1, 0.15) is 15.9 Å². The molecule has 96 valence electrons. The van der Waals surface area contributed by atoms with Crippen LogP contribution < -0.4 is 10.1 Å². The Morgan fingerprint density at radius 3 is 3.06 bits per heavy atom. The molecule has 5 heteroatoms. The number of hydrogen-bond acceptors (Lipinski definition) is 5. The number of benzene rings is 1. The number of nitrogens with one attached hydrogen (secondary N) is 1. The van der Waals surface area contributed by atoms with Crippen LogP contribution in [0.4, 0.5) is 0 Å². The van der Waals surface area contributed by atoms with Gasteiger partial charge < -0.3 is 19.5 Å². The van der Waals surface area contributed by atoms with Crippen molar-refractivity contribution in [3.63, 3.8) is 0 Å². The molecule has 0 saturated carbocycles. The Hall–Kier alpha value is -1.59. The lowest BCUT2D eigenvalue weighted by Crippen LogP contribution is -2.52. The van der Waals surface area contributed by atoms with E-state index in [2.05, 4.69) is 5.32 Å². The zero-order chi connectivity index (χ0) is 12.6. The molecule has 3 rings (SSSR count). The lowest BCUT2D eigenvalue weighted by Gasteiger charge is -2.33. The topological polar surface area (TPSA) is 56.8 Å². The summed E-state index contributed by atoms with van der Waals surface area (Å²) in [5.41, 5.74) is 1.19. The van der Waals surface area contributed by atoms with Crippen molar-refractivity contribution in [3.8, 4) is 5.75 Å². The van der Waals surface area contributed by atoms with E-state index in [4.69, 9.17) is 14.2 Å². The van der Waals surface area contributed by atoms with Crippen molar-refractivity contribution in [2.75, 3.05) is 33.5 Å². The SMILES string of the molecule is COC(=O)c1ccc2c(c1)[C@]1(COCCN1)CO2. The summed E-state index contributed by atoms with van der Waals surface area (Å²) in [5, 5.41) is 3.43. The van der Waals surface area contributed by atoms with Crippen molar-refractivity contribution in [1.82, 2.24) is 5.32 Å². The number of carbonyl (C=O) groups excluding carboxylic acids is 1. The number of morpholine rings is 1. The Bertz CT molecular complexity index is 474. The Kier molecular flexibility index (Phi) is 2.72. The van der Waals surface area contributed by atoms with Crippen LogP contribution in [0, 0.1) is 0 Å². The van der Waals surface area contributed by atoms with Gasteiger partial charge in [0.15, 0.2) is 0 Å². The highest BCUT2D eigenvalue weighted by Crippen LogP contribution is 2.38. The van der Waals surface area contributed by atoms with Crippen LogP contribution in [-0.2, 0) is 15.0 Å². The summed E-state index contributed by atoms with van der Waals surface area (Å²) >= 11 is 0. The first kappa shape index (κ1) is 11.5. The Labute approximate surface area is 105 Å². The summed E-state index contributed by atoms with van der Waals surface area (Å²) in [5.74, 6) is 0.470. The molecule has 0 unspecified atom stereocenters. The first-order valence-electron chi connectivity index (χ1n) is 5.94. The molecule has 0 amide bonds. The quantitative estimate of drug-likeness (QED) is 0.742. The van der Waals surface area contributed by atoms with E-state index in [1.54, 1.807) is 6.07 Å². The zero-order valence-electron chi connectivity index (χ0n) is 10.2. The molecule has 1 atom stereocenters. The molecule has 1 fully saturated rings. The summed E-state index contributed by atoms with van der Waals surface area (Å²) in [6.45, 7) is 2.58. The van der Waals surface area contributed by atoms with Crippen molar-refractivity contribution in [2.45, 2.75) is 5.54 Å². The lowest BCUT2D eigenvalue weighted by atomic mass is 9.90. The highest BCUT2D eigenvalue weighted by atomic mass is 16.5. The summed E-state index contributed by atoms with van der Waals surface area (Å²) in [6, 6.07) is 5.36. The van der Waals surface area contributed by atoms with Gasteiger partial charge in [0.25, 0.3) is 0 Å². The van der Waals surface area contributed by atoms with Crippen LogP contribution in [0.3, 0.4) is 0 Å². The fourth-order valence-corrected chi connectivity index (χ4v) is 2.48. The molecule has 18 heavy (non-hydrogen) atoms. The molecule has 0 radical (unpaired) electrons. The van der Waals surface area contributed by atoms with E-state index in [-0.39, 0.29) is 11.5 Å². The second kappa shape index (κ2) is 4.26. The van der Waals surface area contributed by atoms with Crippen LogP contribution in [0.2, 0.25) is 0 Å². The summed E-state index contributed by atoms with van der Waals surface area (Å²) in [7, 11) is 1.38. The first-order chi connectivity index (χ1) is 8.75. The maximum Gasteiger partial charge on any atom is 0.337 e. The Morgan fingerprint density at radius 1 is 1.44 bits per heavy atom. The fourth-order valence-electron chi connectivity index (χ4n) is 2.48. The number of hydrogen-bond donors (Lipinski definition) is 1. The average molecular weight is 249 g/mol. The van der Waals surface area contributed by atoms with Gasteiger partial charge in [0.2, 0.25) is 0 Å². The average Bonchev–Trinajstić information content (AvgIpc) is 2.77. The first-order valence-corrected chi connectivity index (χ1v) is 5.94. The van der Waals surface area contributed by atoms with E-state index < -0.39 is 0 Å². The minimum Gasteiger partial charge on any atom is -0.491 e. The number of fused-ring (bicyclic) bond motifs is 2. The second-order valence-corrected chi connectivity index (χ2v) is 4.55. The molecule has 5 nitrogen and oxygen atoms in total. The number of ether oxygens (including phenoxy) is 3. The van der Waals surface area contributed by atoms with Crippen LogP contribution in [-0.4, -0.2) is 39.4 Å². The smallest absolute Gasteiger partial charge is 0.337 e. The molecule has 1 N–H and O–H groups in total. The van der Waals surface area contributed by atoms with Crippen molar-refractivity contribution in [1.29, 1.82) is 0 Å². The summed E-state index contributed by atoms with van der Waals surface area (Å²) < 4.78 is 15.9. The van der Waals surface area contributed by atoms with Gasteiger partial charge in [-0.25, -0.2) is 4.79 Å². The zero-order valence-corrected chi connectivity index (χ0v) is 10.2. The van der Waals surface area contributed by atoms with Crippen LogP contribution in [0.5, 0.6) is 5.75 Å². The standard InChI is InChI=1S/C13H15NO4/c1-16-12(15)9-2-3-11-10(6-9)13(8-18-11)7-17-5-4-14-13/h2-3,6,14H,4-5,7-8H2,1H3/t13-/m0/s1. The predicted octanol–water partition coefficient (Wildman–Crippen LogP) is 0.681. The maximum atomic E-state index is 11.6. The molecule has 1 aromatic carbocycles. The van der Waals surface area contributed by atoms with Crippen molar-refractivity contribution in [3.05, 3.63) is 29.3 Å². The number of rotatable bonds is 1. The van der Waals surface area contributed by atoms with Crippen molar-refractivity contribution >= 4 is 5.97 Å². The Morgan fingerprint density at radius 2 is 2.33 bits per heavy atom. The molecule has 1 spiro atoms. The molecule has 0 bridgehead atoms. The van der Waals surface area contributed by atoms with Crippen LogP contribution >= 0.6 is 0 Å². The molecule has 2 heterocycles. The third-order valence-electron chi connectivity index (χ3n) is 3.45. The van der Waals surface area contributed by atoms with Gasteiger partial charge in [0, 0.05) is 12.1 Å². The predicted molar refractivity (Wildman–Crippen MR) is 63.8 cm³/mol. The highest BCUT2D eigenvalue weighted by molar-refractivity contribution is 5.90. The Balaban J connectivity index is 2.00. The maximum absolute atomic E-state index is 11.6. The largest absolute Gasteiger partial charge is 0.491 e. The second-order valence-electron chi connectivity index (χ2n) is 4.55. The minimum absolute atomic E-state index is 0.322. The van der Waals surface area contributed by atoms with Gasteiger partial charge >= 0.3 is 5.97 Å². The van der Waals surface area contributed by atoms with Gasteiger partial charge in [-0.2, -0.15) is 0 Å². The van der Waals surface area contributed by atoms with Gasteiger partial charge in [-0.1, -0.05) is 0 Å². The normalized spacial score (nSPS) is 25.6. The molecule has 0 aromatic heterocycles. The van der Waals surface area contributed by atoms with E-state index >= 15 is 0 Å². The van der Waals surface area contributed by atoms with Crippen LogP contribution in [0.15, 0.2) is 18.2 Å². The molecule has 1 aromatic rings. The molecule has 2 aliphatic rings. The summed E-state index contributed by atoms with van der Waals surface area (Å²) in [6.07, 6.45) is 0. The van der Waals surface area contributed by atoms with E-state index in [0.717, 1.165) is 17.9 Å². The molecular formula is C13H15NO4. The van der Waals surface area contributed by atoms with Gasteiger partial charge in [-0.05, 0) is 18.2 Å². The van der Waals surface area contributed by atoms with E-state index in [9.17, 15) is 4.79 Å². The molecular weight excluding hydrogens is 234 g/mol. The number of esters is 1. The molecule has 0 aliphatic carbocycles. The fraction of sp³-hybridized carbons (Fsp3) is 0.462. The highest BCUT2D eigenvalue weighted by Gasteiger charge is 2.42. The van der Waals surface area contributed by atoms with Gasteiger partial charge in [0.1, 0.15) is 17.9 Å². The summed E-state index contributed by atoms with van der Waals surface area (Å²) in [4.78, 5) is 11.6. The van der Waals surface area contributed by atoms with Crippen molar-refractivity contribution < 1.29 is 19.0 Å². The van der Waals surface area contributed by atoms with Gasteiger partial charge in [-0.15, -0.1) is 0 Å². The number of methoxy groups -OCH3 is 1. The van der Waals surface area contributed by atoms with Gasteiger partial charge in [0.05, 0.1) is 25.9 Å². The third kappa shape index (κ3) is 1.67. The molecule has 2 aliphatic heterocycles. The van der Waals surface area contributed by atoms with E-state index in [1.807, 2.05) is 12.1 Å². The number of carbonyl (C=O) groups is 1. The van der Waals surface area contributed by atoms with Crippen molar-refractivity contribution in [2.24, 2.45) is 0 Å². The van der Waals surface area contributed by atoms with Crippen LogP contribution in [0.25, 0.3) is 0 Å². The lowest BCUT2D eigenvalue weighted by molar-refractivity contribution is 0.0159. The third-order valence-corrected chi connectivity index (χ3v) is 3.45. The van der Waals surface area contributed by atoms with Gasteiger partial charge in [-0.3, -0.25) is 0 Å². The molecule has 1 saturated heterocycles. The monoisotopic (exact) mass is 249 g/mol. The van der Waals surface area contributed by atoms with E-state index in [0.29, 0.717) is 25.4 Å².